The quantitative estimate of drug-likeness (QED) is 0.417. The second-order valence-corrected chi connectivity index (χ2v) is 9.61. The molecule has 0 radical (unpaired) electrons. The summed E-state index contributed by atoms with van der Waals surface area (Å²) in [5, 5.41) is 2.77. The Balaban J connectivity index is 1.87. The number of ether oxygens (including phenoxy) is 4. The fraction of sp³-hybridized carbons (Fsp3) is 0.269. The van der Waals surface area contributed by atoms with Crippen molar-refractivity contribution in [3.05, 3.63) is 71.8 Å². The summed E-state index contributed by atoms with van der Waals surface area (Å²) in [4.78, 5) is 13.0. The zero-order chi connectivity index (χ0) is 26.3. The third-order valence-electron chi connectivity index (χ3n) is 5.55. The fourth-order valence-electron chi connectivity index (χ4n) is 3.73. The standard InChI is InChI=1S/C26H30N2O7S/c1-18-15-21(12-14-22(18)32-2)36(30,31)28(20-9-7-6-8-10-20)17-24(29)27-16-19-11-13-23(33-3)26(35-5)25(19)34-4/h6-15H,16-17H2,1-5H3,(H,27,29). The molecule has 10 heteroatoms. The van der Waals surface area contributed by atoms with E-state index in [1.807, 2.05) is 0 Å². The van der Waals surface area contributed by atoms with Crippen LogP contribution in [0, 0.1) is 6.92 Å². The number of sulfonamides is 1. The van der Waals surface area contributed by atoms with Crippen LogP contribution in [-0.2, 0) is 21.4 Å². The molecule has 1 N–H and O–H groups in total. The molecule has 3 aromatic carbocycles. The molecule has 0 bridgehead atoms. The number of hydrogen-bond acceptors (Lipinski definition) is 7. The SMILES string of the molecule is COc1ccc(S(=O)(=O)N(CC(=O)NCc2ccc(OC)c(OC)c2OC)c2ccccc2)cc1C. The predicted octanol–water partition coefficient (Wildman–Crippen LogP) is 3.54. The van der Waals surface area contributed by atoms with Crippen molar-refractivity contribution in [1.29, 1.82) is 0 Å². The Hall–Kier alpha value is -3.92. The van der Waals surface area contributed by atoms with Crippen LogP contribution in [0.3, 0.4) is 0 Å². The Morgan fingerprint density at radius 2 is 1.47 bits per heavy atom. The summed E-state index contributed by atoms with van der Waals surface area (Å²) in [6.45, 7) is 1.42. The highest BCUT2D eigenvalue weighted by atomic mass is 32.2. The average molecular weight is 515 g/mol. The molecular weight excluding hydrogens is 484 g/mol. The van der Waals surface area contributed by atoms with E-state index in [0.717, 1.165) is 4.31 Å². The first kappa shape index (κ1) is 26.7. The average Bonchev–Trinajstić information content (AvgIpc) is 2.90. The van der Waals surface area contributed by atoms with E-state index < -0.39 is 22.5 Å². The molecular formula is C26H30N2O7S. The molecule has 192 valence electrons. The van der Waals surface area contributed by atoms with Crippen LogP contribution in [0.25, 0.3) is 0 Å². The Kier molecular flexibility index (Phi) is 8.65. The molecule has 36 heavy (non-hydrogen) atoms. The zero-order valence-corrected chi connectivity index (χ0v) is 21.7. The molecule has 3 rings (SSSR count). The first-order valence-corrected chi connectivity index (χ1v) is 12.5. The molecule has 0 aliphatic rings. The summed E-state index contributed by atoms with van der Waals surface area (Å²) < 4.78 is 49.7. The van der Waals surface area contributed by atoms with Gasteiger partial charge >= 0.3 is 0 Å². The molecule has 0 aliphatic carbocycles. The van der Waals surface area contributed by atoms with Crippen LogP contribution < -0.4 is 28.6 Å². The van der Waals surface area contributed by atoms with E-state index in [0.29, 0.717) is 39.8 Å². The molecule has 3 aromatic rings. The van der Waals surface area contributed by atoms with Gasteiger partial charge in [0, 0.05) is 12.1 Å². The van der Waals surface area contributed by atoms with Crippen molar-refractivity contribution in [3.63, 3.8) is 0 Å². The molecule has 1 amide bonds. The zero-order valence-electron chi connectivity index (χ0n) is 20.9. The monoisotopic (exact) mass is 514 g/mol. The smallest absolute Gasteiger partial charge is 0.264 e. The van der Waals surface area contributed by atoms with Gasteiger partial charge in [-0.05, 0) is 55.0 Å². The van der Waals surface area contributed by atoms with Gasteiger partial charge in [-0.25, -0.2) is 8.42 Å². The van der Waals surface area contributed by atoms with Crippen molar-refractivity contribution < 1.29 is 32.2 Å². The molecule has 0 saturated carbocycles. The minimum Gasteiger partial charge on any atom is -0.496 e. The Labute approximate surface area is 211 Å². The van der Waals surface area contributed by atoms with Crippen molar-refractivity contribution in [3.8, 4) is 23.0 Å². The van der Waals surface area contributed by atoms with Gasteiger partial charge in [-0.3, -0.25) is 9.10 Å². The summed E-state index contributed by atoms with van der Waals surface area (Å²) in [6.07, 6.45) is 0. The first-order chi connectivity index (χ1) is 17.3. The molecule has 0 fully saturated rings. The van der Waals surface area contributed by atoms with E-state index in [-0.39, 0.29) is 11.4 Å². The minimum absolute atomic E-state index is 0.0546. The van der Waals surface area contributed by atoms with E-state index >= 15 is 0 Å². The van der Waals surface area contributed by atoms with Crippen molar-refractivity contribution >= 4 is 21.6 Å². The number of hydrogen-bond donors (Lipinski definition) is 1. The summed E-state index contributed by atoms with van der Waals surface area (Å²) in [7, 11) is 1.96. The van der Waals surface area contributed by atoms with Crippen molar-refractivity contribution in [2.75, 3.05) is 39.3 Å². The summed E-state index contributed by atoms with van der Waals surface area (Å²) >= 11 is 0. The van der Waals surface area contributed by atoms with Gasteiger partial charge < -0.3 is 24.3 Å². The van der Waals surface area contributed by atoms with E-state index in [2.05, 4.69) is 5.32 Å². The maximum atomic E-state index is 13.6. The van der Waals surface area contributed by atoms with Gasteiger partial charge in [0.25, 0.3) is 10.0 Å². The van der Waals surface area contributed by atoms with Gasteiger partial charge in [-0.1, -0.05) is 18.2 Å². The number of methoxy groups -OCH3 is 4. The minimum atomic E-state index is -4.06. The van der Waals surface area contributed by atoms with Gasteiger partial charge in [0.15, 0.2) is 11.5 Å². The number of carbonyl (C=O) groups excluding carboxylic acids is 1. The van der Waals surface area contributed by atoms with Crippen molar-refractivity contribution in [2.24, 2.45) is 0 Å². The second kappa shape index (κ2) is 11.7. The van der Waals surface area contributed by atoms with E-state index in [1.54, 1.807) is 55.5 Å². The first-order valence-electron chi connectivity index (χ1n) is 11.0. The third kappa shape index (κ3) is 5.65. The van der Waals surface area contributed by atoms with Crippen molar-refractivity contribution in [1.82, 2.24) is 5.32 Å². The highest BCUT2D eigenvalue weighted by Gasteiger charge is 2.28. The highest BCUT2D eigenvalue weighted by Crippen LogP contribution is 2.39. The number of para-hydroxylation sites is 1. The Morgan fingerprint density at radius 1 is 0.833 bits per heavy atom. The number of rotatable bonds is 11. The van der Waals surface area contributed by atoms with Crippen LogP contribution in [0.15, 0.2) is 65.6 Å². The van der Waals surface area contributed by atoms with Crippen molar-refractivity contribution in [2.45, 2.75) is 18.4 Å². The third-order valence-corrected chi connectivity index (χ3v) is 7.32. The van der Waals surface area contributed by atoms with Crippen LogP contribution in [0.5, 0.6) is 23.0 Å². The summed E-state index contributed by atoms with van der Waals surface area (Å²) in [6, 6.07) is 16.5. The lowest BCUT2D eigenvalue weighted by Crippen LogP contribution is -2.40. The number of nitrogens with zero attached hydrogens (tertiary/aromatic N) is 1. The maximum Gasteiger partial charge on any atom is 0.264 e. The molecule has 0 spiro atoms. The molecule has 0 atom stereocenters. The van der Waals surface area contributed by atoms with Gasteiger partial charge in [0.2, 0.25) is 11.7 Å². The molecule has 9 nitrogen and oxygen atoms in total. The van der Waals surface area contributed by atoms with Crippen LogP contribution in [0.1, 0.15) is 11.1 Å². The number of aryl methyl sites for hydroxylation is 1. The van der Waals surface area contributed by atoms with E-state index in [1.165, 1.54) is 40.6 Å². The summed E-state index contributed by atoms with van der Waals surface area (Å²) in [5.74, 6) is 1.38. The number of anilines is 1. The lowest BCUT2D eigenvalue weighted by atomic mass is 10.1. The van der Waals surface area contributed by atoms with Crippen LogP contribution >= 0.6 is 0 Å². The van der Waals surface area contributed by atoms with Gasteiger partial charge in [-0.2, -0.15) is 0 Å². The second-order valence-electron chi connectivity index (χ2n) is 7.75. The molecule has 0 saturated heterocycles. The van der Waals surface area contributed by atoms with Gasteiger partial charge in [0.1, 0.15) is 12.3 Å². The van der Waals surface area contributed by atoms with E-state index in [9.17, 15) is 13.2 Å². The van der Waals surface area contributed by atoms with Gasteiger partial charge in [-0.15, -0.1) is 0 Å². The summed E-state index contributed by atoms with van der Waals surface area (Å²) in [5.41, 5.74) is 1.67. The Morgan fingerprint density at radius 3 is 2.06 bits per heavy atom. The maximum absolute atomic E-state index is 13.6. The topological polar surface area (TPSA) is 103 Å². The predicted molar refractivity (Wildman–Crippen MR) is 137 cm³/mol. The normalized spacial score (nSPS) is 10.9. The number of carbonyl (C=O) groups is 1. The van der Waals surface area contributed by atoms with Crippen LogP contribution in [0.4, 0.5) is 5.69 Å². The lowest BCUT2D eigenvalue weighted by molar-refractivity contribution is -0.119. The lowest BCUT2D eigenvalue weighted by Gasteiger charge is -2.24. The fourth-order valence-corrected chi connectivity index (χ4v) is 5.24. The molecule has 0 aromatic heterocycles. The molecule has 0 aliphatic heterocycles. The largest absolute Gasteiger partial charge is 0.496 e. The van der Waals surface area contributed by atoms with E-state index in [4.69, 9.17) is 18.9 Å². The Bertz CT molecular complexity index is 1310. The van der Waals surface area contributed by atoms with Crippen LogP contribution in [0.2, 0.25) is 0 Å². The van der Waals surface area contributed by atoms with Gasteiger partial charge in [0.05, 0.1) is 39.0 Å². The number of benzene rings is 3. The number of nitrogens with one attached hydrogen (secondary N) is 1. The molecule has 0 unspecified atom stereocenters. The highest BCUT2D eigenvalue weighted by molar-refractivity contribution is 7.92. The molecule has 0 heterocycles. The van der Waals surface area contributed by atoms with Crippen LogP contribution in [-0.4, -0.2) is 49.3 Å². The number of amides is 1.